The molecular weight excluding hydrogens is 404 g/mol. The number of para-hydroxylation sites is 1. The lowest BCUT2D eigenvalue weighted by Crippen LogP contribution is -2.48. The SMILES string of the molecule is CC(C)C(=O)NC(Cc1c[nH]c2ccccc12)C(=O)NCc1ccnc(OCC2CC2)c1. The number of pyridine rings is 1. The zero-order valence-electron chi connectivity index (χ0n) is 18.6. The van der Waals surface area contributed by atoms with Gasteiger partial charge in [-0.1, -0.05) is 32.0 Å². The maximum atomic E-state index is 13.1. The summed E-state index contributed by atoms with van der Waals surface area (Å²) < 4.78 is 5.73. The standard InChI is InChI=1S/C25H30N4O3/c1-16(2)24(30)29-22(12-19-14-27-21-6-4-3-5-20(19)21)25(31)28-13-18-9-10-26-23(11-18)32-15-17-7-8-17/h3-6,9-11,14,16-17,22,27H,7-8,12-13,15H2,1-2H3,(H,28,31)(H,29,30). The van der Waals surface area contributed by atoms with Crippen molar-refractivity contribution in [2.45, 2.75) is 45.7 Å². The first-order valence-electron chi connectivity index (χ1n) is 11.2. The van der Waals surface area contributed by atoms with Crippen molar-refractivity contribution in [1.82, 2.24) is 20.6 Å². The van der Waals surface area contributed by atoms with E-state index < -0.39 is 6.04 Å². The van der Waals surface area contributed by atoms with Gasteiger partial charge in [0.05, 0.1) is 6.61 Å². The molecule has 2 aromatic heterocycles. The molecule has 1 aliphatic carbocycles. The average Bonchev–Trinajstić information content (AvgIpc) is 3.55. The Morgan fingerprint density at radius 3 is 2.78 bits per heavy atom. The molecule has 7 nitrogen and oxygen atoms in total. The number of nitrogens with zero attached hydrogens (tertiary/aromatic N) is 1. The van der Waals surface area contributed by atoms with Crippen molar-refractivity contribution < 1.29 is 14.3 Å². The lowest BCUT2D eigenvalue weighted by Gasteiger charge is -2.20. The summed E-state index contributed by atoms with van der Waals surface area (Å²) in [7, 11) is 0. The smallest absolute Gasteiger partial charge is 0.243 e. The lowest BCUT2D eigenvalue weighted by atomic mass is 10.0. The van der Waals surface area contributed by atoms with Gasteiger partial charge in [0, 0.05) is 48.2 Å². The van der Waals surface area contributed by atoms with E-state index in [1.165, 1.54) is 12.8 Å². The molecule has 0 saturated heterocycles. The van der Waals surface area contributed by atoms with Crippen LogP contribution in [0.2, 0.25) is 0 Å². The fourth-order valence-corrected chi connectivity index (χ4v) is 3.51. The molecule has 3 N–H and O–H groups in total. The Labute approximate surface area is 188 Å². The van der Waals surface area contributed by atoms with Crippen LogP contribution in [0, 0.1) is 11.8 Å². The Hall–Kier alpha value is -3.35. The first-order valence-corrected chi connectivity index (χ1v) is 11.2. The number of rotatable bonds is 10. The van der Waals surface area contributed by atoms with E-state index in [-0.39, 0.29) is 17.7 Å². The number of ether oxygens (including phenoxy) is 1. The predicted molar refractivity (Wildman–Crippen MR) is 123 cm³/mol. The van der Waals surface area contributed by atoms with E-state index in [9.17, 15) is 9.59 Å². The molecule has 1 fully saturated rings. The van der Waals surface area contributed by atoms with Crippen molar-refractivity contribution in [3.8, 4) is 5.88 Å². The van der Waals surface area contributed by atoms with E-state index >= 15 is 0 Å². The van der Waals surface area contributed by atoms with Crippen LogP contribution in [0.4, 0.5) is 0 Å². The van der Waals surface area contributed by atoms with Crippen LogP contribution in [0.3, 0.4) is 0 Å². The highest BCUT2D eigenvalue weighted by Gasteiger charge is 2.24. The summed E-state index contributed by atoms with van der Waals surface area (Å²) in [6.45, 7) is 4.66. The molecule has 2 amide bonds. The van der Waals surface area contributed by atoms with Crippen LogP contribution in [0.15, 0.2) is 48.8 Å². The number of carbonyl (C=O) groups excluding carboxylic acids is 2. The second-order valence-electron chi connectivity index (χ2n) is 8.75. The summed E-state index contributed by atoms with van der Waals surface area (Å²) in [5.74, 6) is 0.646. The van der Waals surface area contributed by atoms with Crippen molar-refractivity contribution in [1.29, 1.82) is 0 Å². The van der Waals surface area contributed by atoms with Crippen LogP contribution in [-0.4, -0.2) is 34.4 Å². The van der Waals surface area contributed by atoms with Gasteiger partial charge in [-0.25, -0.2) is 4.98 Å². The van der Waals surface area contributed by atoms with Crippen molar-refractivity contribution in [2.24, 2.45) is 11.8 Å². The zero-order valence-corrected chi connectivity index (χ0v) is 18.6. The molecule has 1 saturated carbocycles. The van der Waals surface area contributed by atoms with Crippen LogP contribution < -0.4 is 15.4 Å². The Morgan fingerprint density at radius 2 is 2.00 bits per heavy atom. The molecule has 1 atom stereocenters. The van der Waals surface area contributed by atoms with Gasteiger partial charge in [-0.3, -0.25) is 9.59 Å². The number of aromatic nitrogens is 2. The third-order valence-corrected chi connectivity index (χ3v) is 5.69. The van der Waals surface area contributed by atoms with Gasteiger partial charge in [-0.05, 0) is 42.0 Å². The van der Waals surface area contributed by atoms with E-state index in [0.717, 1.165) is 22.0 Å². The number of aromatic amines is 1. The highest BCUT2D eigenvalue weighted by molar-refractivity contribution is 5.90. The molecule has 0 bridgehead atoms. The molecule has 2 heterocycles. The quantitative estimate of drug-likeness (QED) is 0.456. The molecule has 32 heavy (non-hydrogen) atoms. The fourth-order valence-electron chi connectivity index (χ4n) is 3.51. The van der Waals surface area contributed by atoms with E-state index in [2.05, 4.69) is 20.6 Å². The van der Waals surface area contributed by atoms with Gasteiger partial charge < -0.3 is 20.4 Å². The van der Waals surface area contributed by atoms with Crippen molar-refractivity contribution in [2.75, 3.05) is 6.61 Å². The number of benzene rings is 1. The molecule has 0 aliphatic heterocycles. The predicted octanol–water partition coefficient (Wildman–Crippen LogP) is 3.35. The number of fused-ring (bicyclic) bond motifs is 1. The largest absolute Gasteiger partial charge is 0.477 e. The Balaban J connectivity index is 1.42. The Morgan fingerprint density at radius 1 is 1.19 bits per heavy atom. The molecule has 0 spiro atoms. The minimum absolute atomic E-state index is 0.148. The van der Waals surface area contributed by atoms with Crippen LogP contribution >= 0.6 is 0 Å². The van der Waals surface area contributed by atoms with E-state index in [1.807, 2.05) is 56.4 Å². The van der Waals surface area contributed by atoms with E-state index in [0.29, 0.717) is 31.4 Å². The molecular formula is C25H30N4O3. The molecule has 4 rings (SSSR count). The zero-order chi connectivity index (χ0) is 22.5. The fraction of sp³-hybridized carbons (Fsp3) is 0.400. The van der Waals surface area contributed by atoms with Gasteiger partial charge in [-0.15, -0.1) is 0 Å². The van der Waals surface area contributed by atoms with Crippen molar-refractivity contribution in [3.05, 3.63) is 59.9 Å². The van der Waals surface area contributed by atoms with Crippen molar-refractivity contribution >= 4 is 22.7 Å². The number of carbonyl (C=O) groups is 2. The molecule has 3 aromatic rings. The molecule has 1 unspecified atom stereocenters. The first-order chi connectivity index (χ1) is 15.5. The topological polar surface area (TPSA) is 96.1 Å². The van der Waals surface area contributed by atoms with E-state index in [1.54, 1.807) is 6.20 Å². The monoisotopic (exact) mass is 434 g/mol. The molecule has 1 aliphatic rings. The molecule has 1 aromatic carbocycles. The Bertz CT molecular complexity index is 1090. The number of nitrogens with one attached hydrogen (secondary N) is 3. The van der Waals surface area contributed by atoms with Crippen LogP contribution in [0.1, 0.15) is 37.8 Å². The van der Waals surface area contributed by atoms with Gasteiger partial charge >= 0.3 is 0 Å². The lowest BCUT2D eigenvalue weighted by molar-refractivity contribution is -0.130. The molecule has 168 valence electrons. The van der Waals surface area contributed by atoms with Gasteiger partial charge in [0.2, 0.25) is 17.7 Å². The molecule has 7 heteroatoms. The summed E-state index contributed by atoms with van der Waals surface area (Å²) in [5.41, 5.74) is 2.90. The summed E-state index contributed by atoms with van der Waals surface area (Å²) in [6.07, 6.45) is 6.43. The van der Waals surface area contributed by atoms with Crippen LogP contribution in [0.5, 0.6) is 5.88 Å². The van der Waals surface area contributed by atoms with Crippen molar-refractivity contribution in [3.63, 3.8) is 0 Å². The second kappa shape index (κ2) is 9.85. The Kier molecular flexibility index (Phi) is 6.73. The summed E-state index contributed by atoms with van der Waals surface area (Å²) in [4.78, 5) is 32.9. The highest BCUT2D eigenvalue weighted by atomic mass is 16.5. The summed E-state index contributed by atoms with van der Waals surface area (Å²) in [5, 5.41) is 6.92. The van der Waals surface area contributed by atoms with Gasteiger partial charge in [0.15, 0.2) is 0 Å². The third-order valence-electron chi connectivity index (χ3n) is 5.69. The van der Waals surface area contributed by atoms with Gasteiger partial charge in [0.25, 0.3) is 0 Å². The number of amides is 2. The number of H-pyrrole nitrogens is 1. The average molecular weight is 435 g/mol. The van der Waals surface area contributed by atoms with Gasteiger partial charge in [-0.2, -0.15) is 0 Å². The third kappa shape index (κ3) is 5.66. The maximum Gasteiger partial charge on any atom is 0.243 e. The molecule has 0 radical (unpaired) electrons. The number of hydrogen-bond donors (Lipinski definition) is 3. The minimum Gasteiger partial charge on any atom is -0.477 e. The minimum atomic E-state index is -0.670. The maximum absolute atomic E-state index is 13.1. The first kappa shape index (κ1) is 21.9. The normalized spacial score (nSPS) is 14.3. The van der Waals surface area contributed by atoms with Crippen LogP contribution in [0.25, 0.3) is 10.9 Å². The summed E-state index contributed by atoms with van der Waals surface area (Å²) in [6, 6.07) is 11.0. The van der Waals surface area contributed by atoms with E-state index in [4.69, 9.17) is 4.74 Å². The summed E-state index contributed by atoms with van der Waals surface area (Å²) >= 11 is 0. The second-order valence-corrected chi connectivity index (χ2v) is 8.75. The number of hydrogen-bond acceptors (Lipinski definition) is 4. The highest BCUT2D eigenvalue weighted by Crippen LogP contribution is 2.29. The van der Waals surface area contributed by atoms with Crippen LogP contribution in [-0.2, 0) is 22.6 Å². The van der Waals surface area contributed by atoms with Gasteiger partial charge in [0.1, 0.15) is 6.04 Å².